The zero-order valence-electron chi connectivity index (χ0n) is 16.5. The maximum atomic E-state index is 12.8. The van der Waals surface area contributed by atoms with Gasteiger partial charge in [0.25, 0.3) is 0 Å². The van der Waals surface area contributed by atoms with Crippen LogP contribution in [-0.4, -0.2) is 104 Å². The van der Waals surface area contributed by atoms with Crippen molar-refractivity contribution in [3.8, 4) is 0 Å². The van der Waals surface area contributed by atoms with E-state index in [4.69, 9.17) is 4.74 Å². The fraction of sp³-hybridized carbons (Fsp3) is 0.667. The van der Waals surface area contributed by atoms with Crippen LogP contribution in [0.5, 0.6) is 0 Å². The van der Waals surface area contributed by atoms with Crippen LogP contribution in [0.1, 0.15) is 0 Å². The molecule has 2 atom stereocenters. The number of likely N-dealkylation sites (tertiary alicyclic amines) is 2. The summed E-state index contributed by atoms with van der Waals surface area (Å²) in [5.41, 5.74) is -0.141. The number of ether oxygens (including phenoxy) is 1. The van der Waals surface area contributed by atoms with Crippen LogP contribution in [0.15, 0.2) is 35.2 Å². The molecule has 1 N–H and O–H groups in total. The molecule has 0 aliphatic carbocycles. The molecule has 3 heterocycles. The zero-order valence-corrected chi connectivity index (χ0v) is 17.3. The Morgan fingerprint density at radius 2 is 1.93 bits per heavy atom. The standard InChI is InChI=1S/C21H31N3O3S/c25-17-21-15-23(8-11-28-19-4-2-1-3-5-19)12-18(21)13-24(16-21)20(26)14-22-6-9-27-10-7-22/h1-5,18,25H,6-17H2. The molecule has 1 aromatic carbocycles. The Kier molecular flexibility index (Phi) is 6.58. The maximum absolute atomic E-state index is 12.8. The quantitative estimate of drug-likeness (QED) is 0.680. The van der Waals surface area contributed by atoms with Gasteiger partial charge < -0.3 is 19.6 Å². The molecule has 7 heteroatoms. The van der Waals surface area contributed by atoms with E-state index >= 15 is 0 Å². The van der Waals surface area contributed by atoms with Gasteiger partial charge in [0.15, 0.2) is 0 Å². The number of rotatable bonds is 7. The van der Waals surface area contributed by atoms with Gasteiger partial charge in [-0.15, -0.1) is 11.8 Å². The molecule has 0 bridgehead atoms. The van der Waals surface area contributed by atoms with Gasteiger partial charge in [0.1, 0.15) is 0 Å². The molecule has 6 nitrogen and oxygen atoms in total. The average molecular weight is 406 g/mol. The van der Waals surface area contributed by atoms with Crippen LogP contribution >= 0.6 is 11.8 Å². The van der Waals surface area contributed by atoms with Gasteiger partial charge in [-0.05, 0) is 18.1 Å². The number of hydrogen-bond donors (Lipinski definition) is 1. The molecule has 3 aliphatic rings. The van der Waals surface area contributed by atoms with Gasteiger partial charge in [-0.2, -0.15) is 0 Å². The minimum Gasteiger partial charge on any atom is -0.396 e. The molecule has 1 amide bonds. The predicted octanol–water partition coefficient (Wildman–Crippen LogP) is 0.864. The first-order chi connectivity index (χ1) is 13.7. The van der Waals surface area contributed by atoms with Crippen molar-refractivity contribution in [2.24, 2.45) is 11.3 Å². The van der Waals surface area contributed by atoms with E-state index in [-0.39, 0.29) is 17.9 Å². The zero-order chi connectivity index (χ0) is 19.4. The van der Waals surface area contributed by atoms with Crippen molar-refractivity contribution in [3.63, 3.8) is 0 Å². The Hall–Kier alpha value is -1.12. The summed E-state index contributed by atoms with van der Waals surface area (Å²) in [6.45, 7) is 8.13. The minimum absolute atomic E-state index is 0.141. The highest BCUT2D eigenvalue weighted by Crippen LogP contribution is 2.42. The highest BCUT2D eigenvalue weighted by molar-refractivity contribution is 7.99. The van der Waals surface area contributed by atoms with Gasteiger partial charge >= 0.3 is 0 Å². The van der Waals surface area contributed by atoms with Crippen LogP contribution in [0.25, 0.3) is 0 Å². The molecule has 28 heavy (non-hydrogen) atoms. The van der Waals surface area contributed by atoms with Crippen molar-refractivity contribution in [2.45, 2.75) is 4.90 Å². The third-order valence-corrected chi connectivity index (χ3v) is 7.37. The van der Waals surface area contributed by atoms with E-state index in [0.717, 1.165) is 45.0 Å². The Labute approximate surface area is 171 Å². The average Bonchev–Trinajstić information content (AvgIpc) is 3.24. The van der Waals surface area contributed by atoms with E-state index in [9.17, 15) is 9.90 Å². The van der Waals surface area contributed by atoms with Crippen LogP contribution in [0.2, 0.25) is 0 Å². The van der Waals surface area contributed by atoms with Crippen molar-refractivity contribution >= 4 is 17.7 Å². The number of hydrogen-bond acceptors (Lipinski definition) is 6. The molecule has 3 fully saturated rings. The number of amides is 1. The molecule has 0 radical (unpaired) electrons. The van der Waals surface area contributed by atoms with Crippen LogP contribution in [0.4, 0.5) is 0 Å². The largest absolute Gasteiger partial charge is 0.396 e. The Morgan fingerprint density at radius 1 is 1.14 bits per heavy atom. The summed E-state index contributed by atoms with van der Waals surface area (Å²) in [5.74, 6) is 1.64. The topological polar surface area (TPSA) is 56.2 Å². The smallest absolute Gasteiger partial charge is 0.236 e. The van der Waals surface area contributed by atoms with Crippen LogP contribution in [0, 0.1) is 11.3 Å². The lowest BCUT2D eigenvalue weighted by Gasteiger charge is -2.30. The summed E-state index contributed by atoms with van der Waals surface area (Å²) < 4.78 is 5.37. The van der Waals surface area contributed by atoms with E-state index < -0.39 is 0 Å². The van der Waals surface area contributed by atoms with Crippen LogP contribution in [0.3, 0.4) is 0 Å². The number of aliphatic hydroxyl groups is 1. The second kappa shape index (κ2) is 9.13. The Morgan fingerprint density at radius 3 is 2.64 bits per heavy atom. The van der Waals surface area contributed by atoms with Gasteiger partial charge in [-0.25, -0.2) is 0 Å². The lowest BCUT2D eigenvalue weighted by Crippen LogP contribution is -2.46. The van der Waals surface area contributed by atoms with E-state index in [1.165, 1.54) is 4.90 Å². The van der Waals surface area contributed by atoms with E-state index in [0.29, 0.717) is 32.2 Å². The third-order valence-electron chi connectivity index (χ3n) is 6.38. The van der Waals surface area contributed by atoms with Crippen LogP contribution in [-0.2, 0) is 9.53 Å². The maximum Gasteiger partial charge on any atom is 0.236 e. The summed E-state index contributed by atoms with van der Waals surface area (Å²) in [5, 5.41) is 10.2. The monoisotopic (exact) mass is 405 g/mol. The minimum atomic E-state index is -0.141. The second-order valence-corrected chi connectivity index (χ2v) is 9.45. The fourth-order valence-electron chi connectivity index (χ4n) is 4.73. The van der Waals surface area contributed by atoms with E-state index in [1.54, 1.807) is 0 Å². The normalized spacial score (nSPS) is 28.6. The van der Waals surface area contributed by atoms with Crippen molar-refractivity contribution in [1.82, 2.24) is 14.7 Å². The van der Waals surface area contributed by atoms with Gasteiger partial charge in [0.2, 0.25) is 5.91 Å². The molecule has 0 saturated carbocycles. The lowest BCUT2D eigenvalue weighted by molar-refractivity contribution is -0.133. The first-order valence-corrected chi connectivity index (χ1v) is 11.3. The SMILES string of the molecule is O=C(CN1CCOCC1)N1CC2CN(CCSc3ccccc3)CC2(CO)C1. The molecule has 1 aromatic rings. The molecule has 4 rings (SSSR count). The number of fused-ring (bicyclic) bond motifs is 1. The predicted molar refractivity (Wildman–Crippen MR) is 110 cm³/mol. The van der Waals surface area contributed by atoms with Crippen molar-refractivity contribution in [2.75, 3.05) is 77.9 Å². The van der Waals surface area contributed by atoms with Gasteiger partial charge in [0, 0.05) is 61.9 Å². The van der Waals surface area contributed by atoms with Gasteiger partial charge in [-0.3, -0.25) is 9.69 Å². The first kappa shape index (κ1) is 20.2. The van der Waals surface area contributed by atoms with Gasteiger partial charge in [0.05, 0.1) is 26.4 Å². The summed E-state index contributed by atoms with van der Waals surface area (Å²) in [7, 11) is 0. The number of morpholine rings is 1. The third kappa shape index (κ3) is 4.54. The summed E-state index contributed by atoms with van der Waals surface area (Å²) in [6.07, 6.45) is 0. The fourth-order valence-corrected chi connectivity index (χ4v) is 5.67. The molecule has 2 unspecified atom stereocenters. The summed E-state index contributed by atoms with van der Waals surface area (Å²) in [6, 6.07) is 10.5. The van der Waals surface area contributed by atoms with Crippen molar-refractivity contribution in [1.29, 1.82) is 0 Å². The summed E-state index contributed by atoms with van der Waals surface area (Å²) in [4.78, 5) is 20.7. The molecule has 0 aromatic heterocycles. The number of aliphatic hydroxyl groups excluding tert-OH is 1. The van der Waals surface area contributed by atoms with Crippen molar-refractivity contribution < 1.29 is 14.6 Å². The number of nitrogens with zero attached hydrogens (tertiary/aromatic N) is 3. The molecule has 154 valence electrons. The number of thioether (sulfide) groups is 1. The Balaban J connectivity index is 1.26. The Bertz CT molecular complexity index is 656. The molecular formula is C21H31N3O3S. The van der Waals surface area contributed by atoms with E-state index in [2.05, 4.69) is 34.1 Å². The summed E-state index contributed by atoms with van der Waals surface area (Å²) >= 11 is 1.88. The first-order valence-electron chi connectivity index (χ1n) is 10.3. The molecule has 3 aliphatic heterocycles. The number of carbonyl (C=O) groups excluding carboxylic acids is 1. The highest BCUT2D eigenvalue weighted by atomic mass is 32.2. The number of benzene rings is 1. The molecular weight excluding hydrogens is 374 g/mol. The lowest BCUT2D eigenvalue weighted by atomic mass is 9.82. The van der Waals surface area contributed by atoms with Crippen molar-refractivity contribution in [3.05, 3.63) is 30.3 Å². The van der Waals surface area contributed by atoms with Gasteiger partial charge in [-0.1, -0.05) is 18.2 Å². The van der Waals surface area contributed by atoms with E-state index in [1.807, 2.05) is 22.7 Å². The number of carbonyl (C=O) groups is 1. The van der Waals surface area contributed by atoms with Crippen LogP contribution < -0.4 is 0 Å². The molecule has 3 saturated heterocycles. The second-order valence-electron chi connectivity index (χ2n) is 8.28. The highest BCUT2D eigenvalue weighted by Gasteiger charge is 2.52. The molecule has 0 spiro atoms.